The first-order valence-corrected chi connectivity index (χ1v) is 4.29. The Bertz CT molecular complexity index is 174. The second-order valence-corrected chi connectivity index (χ2v) is 2.85. The maximum Gasteiger partial charge on any atom is 0.151 e. The van der Waals surface area contributed by atoms with E-state index >= 15 is 0 Å². The maximum atomic E-state index is 10.9. The molecular formula is C8H15NO5. The Morgan fingerprint density at radius 2 is 1.29 bits per heavy atom. The monoisotopic (exact) mass is 205 g/mol. The summed E-state index contributed by atoms with van der Waals surface area (Å²) in [6, 6.07) is 0. The van der Waals surface area contributed by atoms with Gasteiger partial charge < -0.3 is 15.4 Å². The summed E-state index contributed by atoms with van der Waals surface area (Å²) in [5.41, 5.74) is 0. The van der Waals surface area contributed by atoms with E-state index in [1.807, 2.05) is 0 Å². The van der Waals surface area contributed by atoms with Crippen LogP contribution in [0.3, 0.4) is 0 Å². The molecule has 6 nitrogen and oxygen atoms in total. The third-order valence-electron chi connectivity index (χ3n) is 1.50. The van der Waals surface area contributed by atoms with Gasteiger partial charge in [-0.15, -0.1) is 0 Å². The number of hydrogen-bond acceptors (Lipinski definition) is 6. The van der Waals surface area contributed by atoms with Gasteiger partial charge in [-0.3, -0.25) is 9.59 Å². The zero-order chi connectivity index (χ0) is 11.0. The highest BCUT2D eigenvalue weighted by Gasteiger charge is 2.11. The van der Waals surface area contributed by atoms with Crippen LogP contribution >= 0.6 is 0 Å². The summed E-state index contributed by atoms with van der Waals surface area (Å²) < 4.78 is 0. The van der Waals surface area contributed by atoms with Gasteiger partial charge in [0.1, 0.15) is 0 Å². The van der Waals surface area contributed by atoms with Gasteiger partial charge in [-0.05, 0) is 0 Å². The molecule has 0 rings (SSSR count). The summed E-state index contributed by atoms with van der Waals surface area (Å²) in [6.45, 7) is -1.09. The smallest absolute Gasteiger partial charge is 0.151 e. The second kappa shape index (κ2) is 7.57. The van der Waals surface area contributed by atoms with E-state index in [2.05, 4.69) is 0 Å². The highest BCUT2D eigenvalue weighted by atomic mass is 16.5. The van der Waals surface area contributed by atoms with Crippen LogP contribution < -0.4 is 0 Å². The summed E-state index contributed by atoms with van der Waals surface area (Å²) in [7, 11) is 0. The highest BCUT2D eigenvalue weighted by Crippen LogP contribution is 1.90. The first-order valence-electron chi connectivity index (χ1n) is 4.29. The van der Waals surface area contributed by atoms with Gasteiger partial charge in [-0.1, -0.05) is 0 Å². The number of Topliss-reactive ketones (excluding diaryl/α,β-unsaturated/α-hetero) is 2. The lowest BCUT2D eigenvalue weighted by molar-refractivity contribution is -0.144. The predicted octanol–water partition coefficient (Wildman–Crippen LogP) is -1.42. The second-order valence-electron chi connectivity index (χ2n) is 2.85. The zero-order valence-electron chi connectivity index (χ0n) is 7.85. The number of nitrogens with zero attached hydrogens (tertiary/aromatic N) is 1. The third kappa shape index (κ3) is 6.67. The fourth-order valence-electron chi connectivity index (χ4n) is 0.871. The fraction of sp³-hybridized carbons (Fsp3) is 0.750. The largest absolute Gasteiger partial charge is 0.396 e. The summed E-state index contributed by atoms with van der Waals surface area (Å²) in [5.74, 6) is -0.682. The molecule has 0 spiro atoms. The molecule has 0 fully saturated rings. The maximum absolute atomic E-state index is 10.9. The van der Waals surface area contributed by atoms with E-state index in [-0.39, 0.29) is 50.7 Å². The minimum absolute atomic E-state index is 0.0365. The highest BCUT2D eigenvalue weighted by molar-refractivity contribution is 5.83. The molecule has 6 heteroatoms. The van der Waals surface area contributed by atoms with Crippen molar-refractivity contribution in [1.82, 2.24) is 5.06 Å². The molecule has 0 aromatic carbocycles. The number of rotatable bonds is 8. The van der Waals surface area contributed by atoms with Crippen LogP contribution in [-0.4, -0.2) is 58.4 Å². The number of hydrogen-bond donors (Lipinski definition) is 3. The SMILES string of the molecule is O=C(CCO)CN(O)CC(=O)CCO. The Balaban J connectivity index is 3.68. The minimum Gasteiger partial charge on any atom is -0.396 e. The van der Waals surface area contributed by atoms with Crippen LogP contribution in [-0.2, 0) is 9.59 Å². The molecule has 0 radical (unpaired) electrons. The molecule has 0 aliphatic rings. The molecule has 0 aliphatic carbocycles. The van der Waals surface area contributed by atoms with Crippen LogP contribution in [0.4, 0.5) is 0 Å². The lowest BCUT2D eigenvalue weighted by Crippen LogP contribution is -2.32. The van der Waals surface area contributed by atoms with Gasteiger partial charge >= 0.3 is 0 Å². The quantitative estimate of drug-likeness (QED) is 0.421. The summed E-state index contributed by atoms with van der Waals surface area (Å²) in [5, 5.41) is 26.4. The van der Waals surface area contributed by atoms with E-state index in [9.17, 15) is 9.59 Å². The van der Waals surface area contributed by atoms with Crippen molar-refractivity contribution >= 4 is 11.6 Å². The third-order valence-corrected chi connectivity index (χ3v) is 1.50. The van der Waals surface area contributed by atoms with Crippen molar-refractivity contribution in [2.45, 2.75) is 12.8 Å². The first-order chi connectivity index (χ1) is 6.60. The van der Waals surface area contributed by atoms with Crippen molar-refractivity contribution in [3.8, 4) is 0 Å². The van der Waals surface area contributed by atoms with Crippen molar-refractivity contribution in [2.24, 2.45) is 0 Å². The van der Waals surface area contributed by atoms with Gasteiger partial charge in [0, 0.05) is 12.8 Å². The summed E-state index contributed by atoms with van der Waals surface area (Å²) in [4.78, 5) is 21.7. The Morgan fingerprint density at radius 3 is 1.57 bits per heavy atom. The average Bonchev–Trinajstić information content (AvgIpc) is 2.03. The van der Waals surface area contributed by atoms with Crippen LogP contribution in [0.5, 0.6) is 0 Å². The topological polar surface area (TPSA) is 98.1 Å². The van der Waals surface area contributed by atoms with E-state index in [1.54, 1.807) is 0 Å². The molecule has 0 bridgehead atoms. The van der Waals surface area contributed by atoms with E-state index in [0.29, 0.717) is 5.06 Å². The average molecular weight is 205 g/mol. The van der Waals surface area contributed by atoms with Gasteiger partial charge in [-0.25, -0.2) is 0 Å². The van der Waals surface area contributed by atoms with E-state index in [4.69, 9.17) is 15.4 Å². The van der Waals surface area contributed by atoms with Crippen molar-refractivity contribution in [3.05, 3.63) is 0 Å². The van der Waals surface area contributed by atoms with Crippen LogP contribution in [0.25, 0.3) is 0 Å². The number of ketones is 2. The van der Waals surface area contributed by atoms with E-state index < -0.39 is 0 Å². The molecule has 82 valence electrons. The Hall–Kier alpha value is -0.820. The fourth-order valence-corrected chi connectivity index (χ4v) is 0.871. The van der Waals surface area contributed by atoms with E-state index in [1.165, 1.54) is 0 Å². The molecule has 0 amide bonds. The predicted molar refractivity (Wildman–Crippen MR) is 46.8 cm³/mol. The van der Waals surface area contributed by atoms with Crippen molar-refractivity contribution in [3.63, 3.8) is 0 Å². The number of carbonyl (C=O) groups is 2. The molecule has 0 atom stereocenters. The molecule has 0 heterocycles. The van der Waals surface area contributed by atoms with Gasteiger partial charge in [0.25, 0.3) is 0 Å². The number of carbonyl (C=O) groups excluding carboxylic acids is 2. The van der Waals surface area contributed by atoms with Crippen molar-refractivity contribution in [1.29, 1.82) is 0 Å². The van der Waals surface area contributed by atoms with Crippen LogP contribution in [0.1, 0.15) is 12.8 Å². The van der Waals surface area contributed by atoms with Crippen molar-refractivity contribution in [2.75, 3.05) is 26.3 Å². The Kier molecular flexibility index (Phi) is 7.13. The lowest BCUT2D eigenvalue weighted by atomic mass is 10.2. The van der Waals surface area contributed by atoms with Crippen LogP contribution in [0.2, 0.25) is 0 Å². The number of hydroxylamine groups is 2. The molecule has 0 saturated carbocycles. The summed E-state index contributed by atoms with van der Waals surface area (Å²) in [6.07, 6.45) is -0.0729. The summed E-state index contributed by atoms with van der Waals surface area (Å²) >= 11 is 0. The molecule has 0 aromatic heterocycles. The molecule has 0 aliphatic heterocycles. The Morgan fingerprint density at radius 1 is 0.929 bits per heavy atom. The molecule has 14 heavy (non-hydrogen) atoms. The molecular weight excluding hydrogens is 190 g/mol. The molecule has 3 N–H and O–H groups in total. The van der Waals surface area contributed by atoms with Gasteiger partial charge in [0.15, 0.2) is 11.6 Å². The van der Waals surface area contributed by atoms with E-state index in [0.717, 1.165) is 0 Å². The molecule has 0 unspecified atom stereocenters. The standard InChI is InChI=1S/C8H15NO5/c10-3-1-7(12)5-9(14)6-8(13)2-4-11/h10-11,14H,1-6H2. The Labute approximate surface area is 81.7 Å². The van der Waals surface area contributed by atoms with Gasteiger partial charge in [0.05, 0.1) is 26.3 Å². The number of aliphatic hydroxyl groups excluding tert-OH is 2. The number of aliphatic hydroxyl groups is 2. The first kappa shape index (κ1) is 13.2. The zero-order valence-corrected chi connectivity index (χ0v) is 7.85. The van der Waals surface area contributed by atoms with Crippen molar-refractivity contribution < 1.29 is 25.0 Å². The minimum atomic E-state index is -0.341. The lowest BCUT2D eigenvalue weighted by Gasteiger charge is -2.11. The van der Waals surface area contributed by atoms with Gasteiger partial charge in [0.2, 0.25) is 0 Å². The molecule has 0 saturated heterocycles. The normalized spacial score (nSPS) is 10.6. The van der Waals surface area contributed by atoms with Crippen LogP contribution in [0, 0.1) is 0 Å². The van der Waals surface area contributed by atoms with Gasteiger partial charge in [-0.2, -0.15) is 5.06 Å². The molecule has 0 aromatic rings. The van der Waals surface area contributed by atoms with Crippen LogP contribution in [0.15, 0.2) is 0 Å².